The Bertz CT molecular complexity index is 760. The molecule has 1 aromatic heterocycles. The lowest BCUT2D eigenvalue weighted by Gasteiger charge is -2.25. The topological polar surface area (TPSA) is 67.1 Å². The fourth-order valence-electron chi connectivity index (χ4n) is 3.26. The predicted molar refractivity (Wildman–Crippen MR) is 116 cm³/mol. The molecule has 148 valence electrons. The number of halogens is 2. The van der Waals surface area contributed by atoms with Gasteiger partial charge in [0, 0.05) is 19.6 Å². The van der Waals surface area contributed by atoms with Crippen molar-refractivity contribution in [3.8, 4) is 0 Å². The molecular weight excluding hydrogens is 458 g/mol. The van der Waals surface area contributed by atoms with Gasteiger partial charge in [-0.2, -0.15) is 5.10 Å². The molecule has 1 aliphatic rings. The minimum absolute atomic E-state index is 0. The number of aliphatic imine (C=N–C) groups is 1. The molecule has 0 fully saturated rings. The van der Waals surface area contributed by atoms with Crippen LogP contribution < -0.4 is 10.6 Å². The molecule has 2 heterocycles. The Morgan fingerprint density at radius 1 is 1.41 bits per heavy atom. The van der Waals surface area contributed by atoms with Crippen LogP contribution in [0.25, 0.3) is 0 Å². The number of guanidine groups is 1. The fourth-order valence-corrected chi connectivity index (χ4v) is 3.26. The highest BCUT2D eigenvalue weighted by molar-refractivity contribution is 14.0. The van der Waals surface area contributed by atoms with Crippen LogP contribution in [0.15, 0.2) is 29.3 Å². The molecule has 0 saturated heterocycles. The number of aryl methyl sites for hydroxylation is 3. The van der Waals surface area contributed by atoms with Gasteiger partial charge in [0.25, 0.3) is 0 Å². The highest BCUT2D eigenvalue weighted by atomic mass is 127. The largest absolute Gasteiger partial charge is 0.357 e. The van der Waals surface area contributed by atoms with Gasteiger partial charge >= 0.3 is 0 Å². The van der Waals surface area contributed by atoms with Crippen molar-refractivity contribution in [2.45, 2.75) is 52.1 Å². The van der Waals surface area contributed by atoms with Crippen LogP contribution in [0.5, 0.6) is 0 Å². The molecule has 0 amide bonds. The van der Waals surface area contributed by atoms with Crippen LogP contribution in [0.4, 0.5) is 4.39 Å². The number of nitrogens with one attached hydrogen (secondary N) is 2. The Balaban J connectivity index is 0.00000261. The zero-order valence-electron chi connectivity index (χ0n) is 15.9. The van der Waals surface area contributed by atoms with Crippen LogP contribution in [0.2, 0.25) is 0 Å². The minimum atomic E-state index is -0.183. The van der Waals surface area contributed by atoms with Crippen LogP contribution >= 0.6 is 24.0 Å². The number of hydrogen-bond acceptors (Lipinski definition) is 3. The lowest BCUT2D eigenvalue weighted by atomic mass is 10.1. The first-order valence-electron chi connectivity index (χ1n) is 9.36. The summed E-state index contributed by atoms with van der Waals surface area (Å²) in [4.78, 5) is 9.23. The Hall–Kier alpha value is -1.71. The molecule has 1 aromatic carbocycles. The van der Waals surface area contributed by atoms with Crippen molar-refractivity contribution < 1.29 is 4.39 Å². The van der Waals surface area contributed by atoms with E-state index in [4.69, 9.17) is 0 Å². The van der Waals surface area contributed by atoms with E-state index in [0.717, 1.165) is 61.9 Å². The molecule has 6 nitrogen and oxygen atoms in total. The summed E-state index contributed by atoms with van der Waals surface area (Å²) in [6.45, 7) is 6.39. The van der Waals surface area contributed by atoms with Crippen molar-refractivity contribution >= 4 is 29.9 Å². The van der Waals surface area contributed by atoms with E-state index in [0.29, 0.717) is 6.54 Å². The average molecular weight is 486 g/mol. The summed E-state index contributed by atoms with van der Waals surface area (Å²) in [6.07, 6.45) is 3.79. The van der Waals surface area contributed by atoms with Gasteiger partial charge in [-0.15, -0.1) is 24.0 Å². The lowest BCUT2D eigenvalue weighted by molar-refractivity contribution is 0.397. The molecule has 27 heavy (non-hydrogen) atoms. The summed E-state index contributed by atoms with van der Waals surface area (Å²) < 4.78 is 15.2. The van der Waals surface area contributed by atoms with Crippen LogP contribution in [0.1, 0.15) is 49.4 Å². The SMILES string of the molecule is CCNC(=NCCCc1cccc(F)c1)NC1CCCn2nc(C)nc21.I. The third kappa shape index (κ3) is 6.15. The molecule has 3 rings (SSSR count). The third-order valence-corrected chi connectivity index (χ3v) is 4.42. The molecule has 0 saturated carbocycles. The van der Waals surface area contributed by atoms with Crippen molar-refractivity contribution in [2.24, 2.45) is 4.99 Å². The van der Waals surface area contributed by atoms with Gasteiger partial charge in [0.15, 0.2) is 5.96 Å². The molecule has 0 spiro atoms. The lowest BCUT2D eigenvalue weighted by Crippen LogP contribution is -2.41. The van der Waals surface area contributed by atoms with Crippen molar-refractivity contribution in [2.75, 3.05) is 13.1 Å². The van der Waals surface area contributed by atoms with Crippen molar-refractivity contribution in [3.63, 3.8) is 0 Å². The zero-order chi connectivity index (χ0) is 18.4. The third-order valence-electron chi connectivity index (χ3n) is 4.42. The van der Waals surface area contributed by atoms with Crippen LogP contribution in [0.3, 0.4) is 0 Å². The smallest absolute Gasteiger partial charge is 0.191 e. The first kappa shape index (κ1) is 21.6. The average Bonchev–Trinajstić information content (AvgIpc) is 3.00. The van der Waals surface area contributed by atoms with E-state index in [9.17, 15) is 4.39 Å². The first-order valence-corrected chi connectivity index (χ1v) is 9.36. The van der Waals surface area contributed by atoms with E-state index < -0.39 is 0 Å². The van der Waals surface area contributed by atoms with Crippen molar-refractivity contribution in [1.82, 2.24) is 25.4 Å². The van der Waals surface area contributed by atoms with E-state index >= 15 is 0 Å². The maximum Gasteiger partial charge on any atom is 0.191 e. The summed E-state index contributed by atoms with van der Waals surface area (Å²) in [5, 5.41) is 11.2. The highest BCUT2D eigenvalue weighted by Gasteiger charge is 2.24. The first-order chi connectivity index (χ1) is 12.7. The summed E-state index contributed by atoms with van der Waals surface area (Å²) in [5.41, 5.74) is 1.01. The van der Waals surface area contributed by atoms with Crippen molar-refractivity contribution in [3.05, 3.63) is 47.3 Å². The van der Waals surface area contributed by atoms with Crippen LogP contribution in [0, 0.1) is 12.7 Å². The van der Waals surface area contributed by atoms with Gasteiger partial charge in [-0.1, -0.05) is 12.1 Å². The highest BCUT2D eigenvalue weighted by Crippen LogP contribution is 2.22. The van der Waals surface area contributed by atoms with Gasteiger partial charge in [0.1, 0.15) is 17.5 Å². The second-order valence-corrected chi connectivity index (χ2v) is 6.57. The second-order valence-electron chi connectivity index (χ2n) is 6.57. The maximum absolute atomic E-state index is 13.2. The van der Waals surface area contributed by atoms with E-state index in [1.807, 2.05) is 17.7 Å². The standard InChI is InChI=1S/C19H27FN6.HI/c1-3-21-19(22-11-5-8-15-7-4-9-16(20)13-15)24-17-10-6-12-26-18(17)23-14(2)25-26;/h4,7,9,13,17H,3,5-6,8,10-12H2,1-2H3,(H2,21,22,24);1H. The summed E-state index contributed by atoms with van der Waals surface area (Å²) in [7, 11) is 0. The van der Waals surface area contributed by atoms with Gasteiger partial charge in [0.05, 0.1) is 6.04 Å². The Morgan fingerprint density at radius 2 is 2.26 bits per heavy atom. The number of fused-ring (bicyclic) bond motifs is 1. The van der Waals surface area contributed by atoms with Gasteiger partial charge in [-0.3, -0.25) is 4.99 Å². The number of benzene rings is 1. The Morgan fingerprint density at radius 3 is 3.04 bits per heavy atom. The summed E-state index contributed by atoms with van der Waals surface area (Å²) in [6, 6.07) is 6.89. The normalized spacial score (nSPS) is 16.4. The van der Waals surface area contributed by atoms with E-state index in [1.54, 1.807) is 12.1 Å². The second kappa shape index (κ2) is 10.6. The van der Waals surface area contributed by atoms with Crippen LogP contribution in [-0.4, -0.2) is 33.8 Å². The van der Waals surface area contributed by atoms with Crippen LogP contribution in [-0.2, 0) is 13.0 Å². The zero-order valence-corrected chi connectivity index (χ0v) is 18.2. The maximum atomic E-state index is 13.2. The molecule has 0 aliphatic carbocycles. The Kier molecular flexibility index (Phi) is 8.46. The molecular formula is C19H28FIN6. The quantitative estimate of drug-likeness (QED) is 0.285. The number of nitrogens with zero attached hydrogens (tertiary/aromatic N) is 4. The van der Waals surface area contributed by atoms with Gasteiger partial charge in [-0.05, 0) is 57.2 Å². The van der Waals surface area contributed by atoms with Crippen molar-refractivity contribution in [1.29, 1.82) is 0 Å². The molecule has 1 atom stereocenters. The molecule has 2 N–H and O–H groups in total. The molecule has 0 bridgehead atoms. The predicted octanol–water partition coefficient (Wildman–Crippen LogP) is 3.37. The molecule has 1 unspecified atom stereocenters. The van der Waals surface area contributed by atoms with E-state index in [1.165, 1.54) is 6.07 Å². The molecule has 1 aliphatic heterocycles. The van der Waals surface area contributed by atoms with E-state index in [-0.39, 0.29) is 35.8 Å². The Labute approximate surface area is 177 Å². The molecule has 8 heteroatoms. The summed E-state index contributed by atoms with van der Waals surface area (Å²) in [5.74, 6) is 2.41. The number of hydrogen-bond donors (Lipinski definition) is 2. The monoisotopic (exact) mass is 486 g/mol. The van der Waals surface area contributed by atoms with Gasteiger partial charge < -0.3 is 10.6 Å². The minimum Gasteiger partial charge on any atom is -0.357 e. The number of rotatable bonds is 6. The fraction of sp³-hybridized carbons (Fsp3) is 0.526. The molecule has 2 aromatic rings. The number of aromatic nitrogens is 3. The van der Waals surface area contributed by atoms with E-state index in [2.05, 4.69) is 32.6 Å². The van der Waals surface area contributed by atoms with Gasteiger partial charge in [0.2, 0.25) is 0 Å². The van der Waals surface area contributed by atoms with Gasteiger partial charge in [-0.25, -0.2) is 14.1 Å². The summed E-state index contributed by atoms with van der Waals surface area (Å²) >= 11 is 0. The molecule has 0 radical (unpaired) electrons.